The molecule has 3 fully saturated rings. The monoisotopic (exact) mass is 438 g/mol. The van der Waals surface area contributed by atoms with Gasteiger partial charge in [-0.3, -0.25) is 9.59 Å². The number of ketones is 1. The van der Waals surface area contributed by atoms with Crippen LogP contribution in [0.4, 0.5) is 4.39 Å². The minimum absolute atomic E-state index is 0.000453. The van der Waals surface area contributed by atoms with E-state index in [0.29, 0.717) is 18.8 Å². The van der Waals surface area contributed by atoms with Crippen molar-refractivity contribution in [3.05, 3.63) is 23.8 Å². The maximum absolute atomic E-state index is 16.0. The molecule has 0 aromatic rings. The van der Waals surface area contributed by atoms with Crippen molar-refractivity contribution in [1.29, 1.82) is 0 Å². The second kappa shape index (κ2) is 6.27. The molecular formula is C22H28BrFO3. The molecule has 0 N–H and O–H groups in total. The van der Waals surface area contributed by atoms with Crippen LogP contribution >= 0.6 is 15.9 Å². The van der Waals surface area contributed by atoms with Gasteiger partial charge in [-0.1, -0.05) is 48.4 Å². The smallest absolute Gasteiger partial charge is 0.305 e. The molecule has 0 bridgehead atoms. The molecule has 7 atom stereocenters. The van der Waals surface area contributed by atoms with Crippen molar-refractivity contribution in [1.82, 2.24) is 0 Å². The molecule has 27 heavy (non-hydrogen) atoms. The van der Waals surface area contributed by atoms with Gasteiger partial charge in [0.15, 0.2) is 5.78 Å². The van der Waals surface area contributed by atoms with Crippen LogP contribution < -0.4 is 0 Å². The highest BCUT2D eigenvalue weighted by Gasteiger charge is 2.69. The number of allylic oxidation sites excluding steroid dienone is 4. The van der Waals surface area contributed by atoms with Crippen LogP contribution in [0.5, 0.6) is 0 Å². The van der Waals surface area contributed by atoms with Crippen LogP contribution in [0.15, 0.2) is 23.8 Å². The van der Waals surface area contributed by atoms with Crippen LogP contribution in [-0.2, 0) is 14.3 Å². The lowest BCUT2D eigenvalue weighted by Gasteiger charge is -2.62. The van der Waals surface area contributed by atoms with E-state index >= 15 is 4.39 Å². The highest BCUT2D eigenvalue weighted by atomic mass is 79.9. The topological polar surface area (TPSA) is 43.4 Å². The highest BCUT2D eigenvalue weighted by Crippen LogP contribution is 2.70. The van der Waals surface area contributed by atoms with E-state index in [1.807, 2.05) is 6.08 Å². The summed E-state index contributed by atoms with van der Waals surface area (Å²) in [5.74, 6) is 0.266. The van der Waals surface area contributed by atoms with E-state index in [9.17, 15) is 9.59 Å². The molecule has 7 unspecified atom stereocenters. The van der Waals surface area contributed by atoms with Crippen molar-refractivity contribution in [3.8, 4) is 0 Å². The summed E-state index contributed by atoms with van der Waals surface area (Å²) in [6.07, 6.45) is 8.15. The Kier molecular flexibility index (Phi) is 4.49. The third kappa shape index (κ3) is 2.49. The van der Waals surface area contributed by atoms with E-state index in [0.717, 1.165) is 31.3 Å². The summed E-state index contributed by atoms with van der Waals surface area (Å²) in [5.41, 5.74) is 0.224. The molecule has 0 heterocycles. The van der Waals surface area contributed by atoms with Gasteiger partial charge in [0.05, 0.1) is 4.32 Å². The van der Waals surface area contributed by atoms with Crippen LogP contribution in [0.2, 0.25) is 0 Å². The fraction of sp³-hybridized carbons (Fsp3) is 0.727. The Labute approximate surface area is 168 Å². The summed E-state index contributed by atoms with van der Waals surface area (Å²) in [7, 11) is 0. The van der Waals surface area contributed by atoms with Crippen molar-refractivity contribution in [2.45, 2.75) is 75.9 Å². The Balaban J connectivity index is 1.72. The largest absolute Gasteiger partial charge is 0.462 e. The van der Waals surface area contributed by atoms with Gasteiger partial charge in [0, 0.05) is 17.3 Å². The second-order valence-corrected chi connectivity index (χ2v) is 10.5. The average Bonchev–Trinajstić information content (AvgIpc) is 2.93. The van der Waals surface area contributed by atoms with E-state index in [4.69, 9.17) is 4.74 Å². The van der Waals surface area contributed by atoms with Gasteiger partial charge in [0.25, 0.3) is 0 Å². The van der Waals surface area contributed by atoms with Crippen molar-refractivity contribution in [3.63, 3.8) is 0 Å². The zero-order valence-corrected chi connectivity index (χ0v) is 17.9. The number of carbonyl (C=O) groups is 2. The zero-order valence-electron chi connectivity index (χ0n) is 16.3. The molecule has 4 rings (SSSR count). The average molecular weight is 439 g/mol. The maximum atomic E-state index is 16.0. The molecule has 4 aliphatic carbocycles. The van der Waals surface area contributed by atoms with Crippen molar-refractivity contribution >= 4 is 27.7 Å². The third-order valence-electron chi connectivity index (χ3n) is 8.07. The van der Waals surface area contributed by atoms with Gasteiger partial charge in [-0.05, 0) is 56.1 Å². The second-order valence-electron chi connectivity index (χ2n) is 9.21. The van der Waals surface area contributed by atoms with Crippen molar-refractivity contribution in [2.24, 2.45) is 22.7 Å². The fourth-order valence-electron chi connectivity index (χ4n) is 6.53. The van der Waals surface area contributed by atoms with Gasteiger partial charge in [-0.15, -0.1) is 0 Å². The number of rotatable bonds is 2. The summed E-state index contributed by atoms with van der Waals surface area (Å²) in [5, 5.41) is 0. The Morgan fingerprint density at radius 2 is 2.04 bits per heavy atom. The summed E-state index contributed by atoms with van der Waals surface area (Å²) >= 11 is 3.91. The molecule has 0 aromatic heterocycles. The lowest BCUT2D eigenvalue weighted by molar-refractivity contribution is -0.160. The number of hydrogen-bond donors (Lipinski definition) is 0. The maximum Gasteiger partial charge on any atom is 0.305 e. The first-order chi connectivity index (χ1) is 12.7. The highest BCUT2D eigenvalue weighted by molar-refractivity contribution is 9.10. The van der Waals surface area contributed by atoms with E-state index < -0.39 is 15.9 Å². The molecular weight excluding hydrogens is 411 g/mol. The normalized spacial score (nSPS) is 48.3. The number of fused-ring (bicyclic) bond motifs is 5. The van der Waals surface area contributed by atoms with E-state index in [1.165, 1.54) is 0 Å². The molecule has 3 saturated carbocycles. The van der Waals surface area contributed by atoms with Gasteiger partial charge in [0.2, 0.25) is 0 Å². The standard InChI is InChI=1S/C22H28BrFO3/c1-4-19(26)27-18-8-7-15-16-6-5-13-11-14(25)9-10-21(13,3)22(16,23)17(24)12-20(15,18)2/h9-11,15-18H,4-8,12H2,1-3H3. The SMILES string of the molecule is CCC(=O)OC1CCC2C3CCC4=CC(=O)C=CC4(C)C3(Br)C(F)CC12C. The van der Waals surface area contributed by atoms with Gasteiger partial charge in [0.1, 0.15) is 12.3 Å². The first kappa shape index (κ1) is 19.4. The summed E-state index contributed by atoms with van der Waals surface area (Å²) < 4.78 is 21.0. The number of alkyl halides is 2. The first-order valence-electron chi connectivity index (χ1n) is 10.1. The van der Waals surface area contributed by atoms with Crippen LogP contribution in [0.25, 0.3) is 0 Å². The van der Waals surface area contributed by atoms with Crippen LogP contribution in [0, 0.1) is 22.7 Å². The summed E-state index contributed by atoms with van der Waals surface area (Å²) in [6, 6.07) is 0. The lowest BCUT2D eigenvalue weighted by atomic mass is 9.47. The number of ether oxygens (including phenoxy) is 1. The fourth-order valence-corrected chi connectivity index (χ4v) is 7.63. The van der Waals surface area contributed by atoms with Crippen LogP contribution in [-0.4, -0.2) is 28.4 Å². The number of carbonyl (C=O) groups excluding carboxylic acids is 2. The lowest BCUT2D eigenvalue weighted by Crippen LogP contribution is -2.65. The van der Waals surface area contributed by atoms with Gasteiger partial charge in [-0.2, -0.15) is 0 Å². The summed E-state index contributed by atoms with van der Waals surface area (Å²) in [4.78, 5) is 23.8. The Morgan fingerprint density at radius 1 is 1.30 bits per heavy atom. The predicted molar refractivity (Wildman–Crippen MR) is 105 cm³/mol. The van der Waals surface area contributed by atoms with Gasteiger partial charge in [-0.25, -0.2) is 4.39 Å². The Morgan fingerprint density at radius 3 is 2.74 bits per heavy atom. The minimum atomic E-state index is -1.07. The van der Waals surface area contributed by atoms with E-state index in [2.05, 4.69) is 29.8 Å². The molecule has 0 amide bonds. The molecule has 4 aliphatic rings. The number of halogens is 2. The number of esters is 1. The predicted octanol–water partition coefficient (Wildman–Crippen LogP) is 5.08. The molecule has 0 spiro atoms. The Bertz CT molecular complexity index is 746. The minimum Gasteiger partial charge on any atom is -0.462 e. The van der Waals surface area contributed by atoms with E-state index in [1.54, 1.807) is 19.1 Å². The quantitative estimate of drug-likeness (QED) is 0.445. The van der Waals surface area contributed by atoms with Gasteiger partial charge >= 0.3 is 5.97 Å². The molecule has 0 saturated heterocycles. The van der Waals surface area contributed by atoms with Crippen LogP contribution in [0.1, 0.15) is 59.3 Å². The summed E-state index contributed by atoms with van der Waals surface area (Å²) in [6.45, 7) is 5.98. The zero-order chi connectivity index (χ0) is 19.6. The van der Waals surface area contributed by atoms with Gasteiger partial charge < -0.3 is 4.74 Å². The molecule has 148 valence electrons. The molecule has 0 radical (unpaired) electrons. The molecule has 0 aromatic carbocycles. The first-order valence-corrected chi connectivity index (χ1v) is 10.9. The Hall–Kier alpha value is -0.970. The van der Waals surface area contributed by atoms with Crippen molar-refractivity contribution in [2.75, 3.05) is 0 Å². The van der Waals surface area contributed by atoms with Crippen molar-refractivity contribution < 1.29 is 18.7 Å². The third-order valence-corrected chi connectivity index (χ3v) is 9.98. The molecule has 0 aliphatic heterocycles. The molecule has 5 heteroatoms. The van der Waals surface area contributed by atoms with E-state index in [-0.39, 0.29) is 29.2 Å². The van der Waals surface area contributed by atoms with Crippen LogP contribution in [0.3, 0.4) is 0 Å². The molecule has 3 nitrogen and oxygen atoms in total. The number of hydrogen-bond acceptors (Lipinski definition) is 3.